The van der Waals surface area contributed by atoms with Crippen molar-refractivity contribution in [1.29, 1.82) is 0 Å². The van der Waals surface area contributed by atoms with E-state index in [9.17, 15) is 15.0 Å². The number of benzene rings is 1. The Morgan fingerprint density at radius 1 is 1.32 bits per heavy atom. The standard InChI is InChI=1S/C15H20O4/c1-9-7-12(13(8-9)15(17)18)14(16)10-3-5-11(19-2)6-4-10/h3-6,9,12-14,16H,7-8H2,1-2H3,(H,17,18). The average Bonchev–Trinajstić information content (AvgIpc) is 2.80. The molecule has 0 aromatic heterocycles. The molecule has 1 fully saturated rings. The summed E-state index contributed by atoms with van der Waals surface area (Å²) in [7, 11) is 1.59. The van der Waals surface area contributed by atoms with Crippen LogP contribution in [-0.4, -0.2) is 23.3 Å². The van der Waals surface area contributed by atoms with Gasteiger partial charge in [0.25, 0.3) is 0 Å². The summed E-state index contributed by atoms with van der Waals surface area (Å²) < 4.78 is 5.08. The van der Waals surface area contributed by atoms with Gasteiger partial charge < -0.3 is 14.9 Å². The molecule has 1 aromatic carbocycles. The number of hydrogen-bond acceptors (Lipinski definition) is 3. The molecule has 1 aliphatic carbocycles. The molecule has 0 heterocycles. The predicted octanol–water partition coefficient (Wildman–Crippen LogP) is 2.48. The van der Waals surface area contributed by atoms with E-state index in [0.29, 0.717) is 12.3 Å². The third-order valence-electron chi connectivity index (χ3n) is 4.03. The Labute approximate surface area is 113 Å². The van der Waals surface area contributed by atoms with Crippen molar-refractivity contribution in [2.24, 2.45) is 17.8 Å². The minimum absolute atomic E-state index is 0.208. The van der Waals surface area contributed by atoms with E-state index in [-0.39, 0.29) is 5.92 Å². The quantitative estimate of drug-likeness (QED) is 0.876. The van der Waals surface area contributed by atoms with Crippen LogP contribution < -0.4 is 4.74 Å². The van der Waals surface area contributed by atoms with Crippen molar-refractivity contribution in [1.82, 2.24) is 0 Å². The molecular weight excluding hydrogens is 244 g/mol. The lowest BCUT2D eigenvalue weighted by Gasteiger charge is -2.22. The van der Waals surface area contributed by atoms with Crippen molar-refractivity contribution in [2.45, 2.75) is 25.9 Å². The van der Waals surface area contributed by atoms with Crippen molar-refractivity contribution < 1.29 is 19.7 Å². The summed E-state index contributed by atoms with van der Waals surface area (Å²) in [5.41, 5.74) is 0.756. The van der Waals surface area contributed by atoms with E-state index in [0.717, 1.165) is 17.7 Å². The number of methoxy groups -OCH3 is 1. The van der Waals surface area contributed by atoms with Crippen LogP contribution in [0.3, 0.4) is 0 Å². The van der Waals surface area contributed by atoms with E-state index in [1.54, 1.807) is 31.4 Å². The van der Waals surface area contributed by atoms with Gasteiger partial charge in [-0.05, 0) is 36.5 Å². The second-order valence-corrected chi connectivity index (χ2v) is 5.40. The first-order chi connectivity index (χ1) is 9.02. The zero-order valence-corrected chi connectivity index (χ0v) is 11.2. The van der Waals surface area contributed by atoms with E-state index in [1.807, 2.05) is 6.92 Å². The minimum atomic E-state index is -0.804. The molecule has 4 nitrogen and oxygen atoms in total. The highest BCUT2D eigenvalue weighted by atomic mass is 16.5. The lowest BCUT2D eigenvalue weighted by molar-refractivity contribution is -0.144. The summed E-state index contributed by atoms with van der Waals surface area (Å²) in [5.74, 6) is -0.389. The Morgan fingerprint density at radius 3 is 2.47 bits per heavy atom. The van der Waals surface area contributed by atoms with Crippen molar-refractivity contribution in [3.05, 3.63) is 29.8 Å². The number of carboxylic acids is 1. The van der Waals surface area contributed by atoms with Gasteiger partial charge in [0.15, 0.2) is 0 Å². The number of aliphatic hydroxyl groups is 1. The fourth-order valence-electron chi connectivity index (χ4n) is 3.01. The Hall–Kier alpha value is -1.55. The van der Waals surface area contributed by atoms with Gasteiger partial charge in [0.1, 0.15) is 5.75 Å². The summed E-state index contributed by atoms with van der Waals surface area (Å²) in [4.78, 5) is 11.3. The van der Waals surface area contributed by atoms with Gasteiger partial charge in [-0.3, -0.25) is 4.79 Å². The molecule has 2 rings (SSSR count). The van der Waals surface area contributed by atoms with E-state index >= 15 is 0 Å². The highest BCUT2D eigenvalue weighted by molar-refractivity contribution is 5.71. The minimum Gasteiger partial charge on any atom is -0.497 e. The lowest BCUT2D eigenvalue weighted by Crippen LogP contribution is -2.23. The van der Waals surface area contributed by atoms with E-state index < -0.39 is 18.0 Å². The highest BCUT2D eigenvalue weighted by Crippen LogP contribution is 2.43. The third-order valence-corrected chi connectivity index (χ3v) is 4.03. The molecule has 0 amide bonds. The Kier molecular flexibility index (Phi) is 4.10. The van der Waals surface area contributed by atoms with E-state index in [4.69, 9.17) is 4.74 Å². The molecule has 19 heavy (non-hydrogen) atoms. The van der Waals surface area contributed by atoms with Crippen molar-refractivity contribution in [3.63, 3.8) is 0 Å². The number of ether oxygens (including phenoxy) is 1. The topological polar surface area (TPSA) is 66.8 Å². The third kappa shape index (κ3) is 2.89. The van der Waals surface area contributed by atoms with Gasteiger partial charge in [0, 0.05) is 5.92 Å². The Balaban J connectivity index is 2.17. The van der Waals surface area contributed by atoms with Crippen molar-refractivity contribution >= 4 is 5.97 Å². The number of aliphatic carboxylic acids is 1. The zero-order valence-electron chi connectivity index (χ0n) is 11.2. The fourth-order valence-corrected chi connectivity index (χ4v) is 3.01. The van der Waals surface area contributed by atoms with Gasteiger partial charge in [-0.1, -0.05) is 19.1 Å². The first kappa shape index (κ1) is 13.9. The van der Waals surface area contributed by atoms with Gasteiger partial charge in [-0.25, -0.2) is 0 Å². The number of hydrogen-bond donors (Lipinski definition) is 2. The maximum Gasteiger partial charge on any atom is 0.306 e. The Bertz CT molecular complexity index is 440. The molecule has 0 radical (unpaired) electrons. The van der Waals surface area contributed by atoms with Gasteiger partial charge in [-0.15, -0.1) is 0 Å². The monoisotopic (exact) mass is 264 g/mol. The molecule has 0 aliphatic heterocycles. The van der Waals surface area contributed by atoms with Crippen molar-refractivity contribution in [3.8, 4) is 5.75 Å². The molecular formula is C15H20O4. The molecule has 4 unspecified atom stereocenters. The molecule has 1 saturated carbocycles. The molecule has 4 heteroatoms. The molecule has 104 valence electrons. The first-order valence-corrected chi connectivity index (χ1v) is 6.57. The molecule has 2 N–H and O–H groups in total. The second-order valence-electron chi connectivity index (χ2n) is 5.40. The van der Waals surface area contributed by atoms with Crippen molar-refractivity contribution in [2.75, 3.05) is 7.11 Å². The summed E-state index contributed by atoms with van der Waals surface area (Å²) >= 11 is 0. The van der Waals surface area contributed by atoms with Crippen LogP contribution in [0.25, 0.3) is 0 Å². The molecule has 4 atom stereocenters. The molecule has 0 saturated heterocycles. The largest absolute Gasteiger partial charge is 0.497 e. The van der Waals surface area contributed by atoms with E-state index in [1.165, 1.54) is 0 Å². The van der Waals surface area contributed by atoms with Crippen LogP contribution in [0.15, 0.2) is 24.3 Å². The molecule has 1 aromatic rings. The van der Waals surface area contributed by atoms with Crippen LogP contribution >= 0.6 is 0 Å². The van der Waals surface area contributed by atoms with Crippen LogP contribution in [0.2, 0.25) is 0 Å². The molecule has 0 spiro atoms. The summed E-state index contributed by atoms with van der Waals surface area (Å²) in [5, 5.41) is 19.7. The SMILES string of the molecule is COc1ccc(C(O)C2CC(C)CC2C(=O)O)cc1. The number of carboxylic acid groups (broad SMARTS) is 1. The van der Waals surface area contributed by atoms with Crippen LogP contribution in [0.5, 0.6) is 5.75 Å². The summed E-state index contributed by atoms with van der Waals surface area (Å²) in [6.45, 7) is 2.04. The zero-order chi connectivity index (χ0) is 14.0. The maximum atomic E-state index is 11.3. The Morgan fingerprint density at radius 2 is 1.95 bits per heavy atom. The van der Waals surface area contributed by atoms with Crippen LogP contribution in [-0.2, 0) is 4.79 Å². The maximum absolute atomic E-state index is 11.3. The van der Waals surface area contributed by atoms with Gasteiger partial charge >= 0.3 is 5.97 Å². The van der Waals surface area contributed by atoms with Crippen LogP contribution in [0, 0.1) is 17.8 Å². The highest BCUT2D eigenvalue weighted by Gasteiger charge is 2.41. The fraction of sp³-hybridized carbons (Fsp3) is 0.533. The number of rotatable bonds is 4. The molecule has 0 bridgehead atoms. The van der Waals surface area contributed by atoms with E-state index in [2.05, 4.69) is 0 Å². The summed E-state index contributed by atoms with van der Waals surface area (Å²) in [6, 6.07) is 7.16. The first-order valence-electron chi connectivity index (χ1n) is 6.57. The lowest BCUT2D eigenvalue weighted by atomic mass is 9.87. The summed E-state index contributed by atoms with van der Waals surface area (Å²) in [6.07, 6.45) is 0.675. The van der Waals surface area contributed by atoms with Crippen LogP contribution in [0.1, 0.15) is 31.4 Å². The van der Waals surface area contributed by atoms with Gasteiger partial charge in [0.2, 0.25) is 0 Å². The average molecular weight is 264 g/mol. The predicted molar refractivity (Wildman–Crippen MR) is 71.0 cm³/mol. The number of carbonyl (C=O) groups is 1. The number of aliphatic hydroxyl groups excluding tert-OH is 1. The molecule has 1 aliphatic rings. The van der Waals surface area contributed by atoms with Crippen LogP contribution in [0.4, 0.5) is 0 Å². The van der Waals surface area contributed by atoms with Gasteiger partial charge in [0.05, 0.1) is 19.1 Å². The van der Waals surface area contributed by atoms with Gasteiger partial charge in [-0.2, -0.15) is 0 Å². The second kappa shape index (κ2) is 5.61. The normalized spacial score (nSPS) is 28.1. The smallest absolute Gasteiger partial charge is 0.306 e.